The minimum atomic E-state index is 0.0950. The number of fused-ring (bicyclic) bond motifs is 2. The van der Waals surface area contributed by atoms with Crippen molar-refractivity contribution >= 4 is 37.2 Å². The number of aryl methyl sites for hydroxylation is 1. The minimum Gasteiger partial charge on any atom is -0.383 e. The van der Waals surface area contributed by atoms with E-state index in [4.69, 9.17) is 5.73 Å². The zero-order valence-electron chi connectivity index (χ0n) is 11.3. The Kier molecular flexibility index (Phi) is 3.42. The lowest BCUT2D eigenvalue weighted by Gasteiger charge is -2.11. The molecular weight excluding hydrogens is 268 g/mol. The van der Waals surface area contributed by atoms with Crippen molar-refractivity contribution in [2.75, 3.05) is 18.4 Å². The van der Waals surface area contributed by atoms with Crippen LogP contribution in [0.2, 0.25) is 0 Å². The summed E-state index contributed by atoms with van der Waals surface area (Å²) in [5.41, 5.74) is 7.64. The van der Waals surface area contributed by atoms with Crippen molar-refractivity contribution in [3.05, 3.63) is 52.2 Å². The predicted molar refractivity (Wildman–Crippen MR) is 87.9 cm³/mol. The number of nitrogens with one attached hydrogen (secondary N) is 1. The summed E-state index contributed by atoms with van der Waals surface area (Å²) in [5.74, 6) is 0. The maximum Gasteiger partial charge on any atom is 0.197 e. The summed E-state index contributed by atoms with van der Waals surface area (Å²) < 4.78 is 2.08. The molecule has 0 amide bonds. The standard InChI is InChI=1S/C16H16N2OS/c1-10-6-7-12(18-9-8-17)14-15(19)11-4-2-3-5-13(11)20-16(10)14/h2-7,18H,8-9,17H2,1H3. The molecule has 3 rings (SSSR count). The highest BCUT2D eigenvalue weighted by atomic mass is 32.1. The zero-order valence-corrected chi connectivity index (χ0v) is 12.1. The number of benzene rings is 2. The lowest BCUT2D eigenvalue weighted by molar-refractivity contribution is 1.03. The molecule has 3 aromatic rings. The van der Waals surface area contributed by atoms with Gasteiger partial charge in [-0.1, -0.05) is 18.2 Å². The second-order valence-corrected chi connectivity index (χ2v) is 5.83. The van der Waals surface area contributed by atoms with E-state index in [2.05, 4.69) is 5.32 Å². The average molecular weight is 284 g/mol. The van der Waals surface area contributed by atoms with Crippen LogP contribution in [0.4, 0.5) is 5.69 Å². The van der Waals surface area contributed by atoms with Crippen LogP contribution in [-0.2, 0) is 0 Å². The van der Waals surface area contributed by atoms with Crippen molar-refractivity contribution < 1.29 is 0 Å². The predicted octanol–water partition coefficient (Wildman–Crippen LogP) is 3.09. The molecule has 0 unspecified atom stereocenters. The molecule has 0 aliphatic carbocycles. The number of hydrogen-bond acceptors (Lipinski definition) is 4. The number of rotatable bonds is 3. The maximum absolute atomic E-state index is 12.8. The molecule has 0 spiro atoms. The van der Waals surface area contributed by atoms with Crippen molar-refractivity contribution in [3.8, 4) is 0 Å². The number of hydrogen-bond donors (Lipinski definition) is 2. The fourth-order valence-electron chi connectivity index (χ4n) is 2.39. The molecule has 2 aromatic carbocycles. The van der Waals surface area contributed by atoms with Gasteiger partial charge in [-0.15, -0.1) is 11.3 Å². The maximum atomic E-state index is 12.8. The van der Waals surface area contributed by atoms with Crippen LogP contribution in [-0.4, -0.2) is 13.1 Å². The fraction of sp³-hybridized carbons (Fsp3) is 0.188. The van der Waals surface area contributed by atoms with Crippen molar-refractivity contribution in [1.82, 2.24) is 0 Å². The molecule has 0 aliphatic heterocycles. The Morgan fingerprint density at radius 2 is 2.00 bits per heavy atom. The van der Waals surface area contributed by atoms with Crippen LogP contribution in [0.25, 0.3) is 20.2 Å². The summed E-state index contributed by atoms with van der Waals surface area (Å²) in [6.07, 6.45) is 0. The lowest BCUT2D eigenvalue weighted by atomic mass is 10.1. The third kappa shape index (κ3) is 2.07. The molecule has 0 aliphatic rings. The van der Waals surface area contributed by atoms with Gasteiger partial charge in [0.05, 0.1) is 5.39 Å². The molecule has 0 radical (unpaired) electrons. The summed E-state index contributed by atoms with van der Waals surface area (Å²) in [5, 5.41) is 4.82. The molecule has 102 valence electrons. The summed E-state index contributed by atoms with van der Waals surface area (Å²) in [4.78, 5) is 12.8. The summed E-state index contributed by atoms with van der Waals surface area (Å²) in [6, 6.07) is 11.8. The Morgan fingerprint density at radius 3 is 2.80 bits per heavy atom. The summed E-state index contributed by atoms with van der Waals surface area (Å²) in [6.45, 7) is 3.25. The van der Waals surface area contributed by atoms with E-state index in [0.717, 1.165) is 31.4 Å². The van der Waals surface area contributed by atoms with Gasteiger partial charge in [-0.25, -0.2) is 0 Å². The van der Waals surface area contributed by atoms with E-state index in [1.807, 2.05) is 43.3 Å². The molecule has 3 nitrogen and oxygen atoms in total. The summed E-state index contributed by atoms with van der Waals surface area (Å²) >= 11 is 1.67. The Balaban J connectivity index is 2.41. The molecule has 20 heavy (non-hydrogen) atoms. The third-order valence-electron chi connectivity index (χ3n) is 3.39. The van der Waals surface area contributed by atoms with Crippen LogP contribution in [0.5, 0.6) is 0 Å². The Bertz CT molecular complexity index is 839. The quantitative estimate of drug-likeness (QED) is 0.727. The van der Waals surface area contributed by atoms with Gasteiger partial charge in [0, 0.05) is 33.6 Å². The van der Waals surface area contributed by atoms with Crippen molar-refractivity contribution in [2.45, 2.75) is 6.92 Å². The molecule has 1 aromatic heterocycles. The monoisotopic (exact) mass is 284 g/mol. The average Bonchev–Trinajstić information content (AvgIpc) is 2.47. The zero-order chi connectivity index (χ0) is 14.1. The molecule has 1 heterocycles. The van der Waals surface area contributed by atoms with E-state index < -0.39 is 0 Å². The minimum absolute atomic E-state index is 0.0950. The van der Waals surface area contributed by atoms with Gasteiger partial charge in [-0.2, -0.15) is 0 Å². The first-order valence-corrected chi connectivity index (χ1v) is 7.43. The van der Waals surface area contributed by atoms with Gasteiger partial charge in [0.1, 0.15) is 0 Å². The van der Waals surface area contributed by atoms with Gasteiger partial charge in [0.15, 0.2) is 5.43 Å². The molecule has 0 atom stereocenters. The lowest BCUT2D eigenvalue weighted by Crippen LogP contribution is -2.15. The van der Waals surface area contributed by atoms with E-state index in [1.165, 1.54) is 0 Å². The van der Waals surface area contributed by atoms with Crippen LogP contribution in [0, 0.1) is 6.92 Å². The first-order chi connectivity index (χ1) is 9.72. The van der Waals surface area contributed by atoms with Crippen LogP contribution < -0.4 is 16.5 Å². The smallest absolute Gasteiger partial charge is 0.197 e. The van der Waals surface area contributed by atoms with Crippen LogP contribution >= 0.6 is 11.3 Å². The van der Waals surface area contributed by atoms with Crippen LogP contribution in [0.15, 0.2) is 41.2 Å². The van der Waals surface area contributed by atoms with Gasteiger partial charge in [-0.05, 0) is 30.7 Å². The van der Waals surface area contributed by atoms with Crippen LogP contribution in [0.1, 0.15) is 5.56 Å². The molecule has 3 N–H and O–H groups in total. The van der Waals surface area contributed by atoms with Crippen molar-refractivity contribution in [1.29, 1.82) is 0 Å². The summed E-state index contributed by atoms with van der Waals surface area (Å²) in [7, 11) is 0. The molecule has 0 fully saturated rings. The van der Waals surface area contributed by atoms with Gasteiger partial charge < -0.3 is 11.1 Å². The van der Waals surface area contributed by atoms with Gasteiger partial charge in [-0.3, -0.25) is 4.79 Å². The van der Waals surface area contributed by atoms with Gasteiger partial charge in [0.2, 0.25) is 0 Å². The molecule has 0 saturated carbocycles. The second-order valence-electron chi connectivity index (χ2n) is 4.78. The highest BCUT2D eigenvalue weighted by molar-refractivity contribution is 7.24. The highest BCUT2D eigenvalue weighted by Gasteiger charge is 2.11. The van der Waals surface area contributed by atoms with E-state index in [-0.39, 0.29) is 5.43 Å². The van der Waals surface area contributed by atoms with E-state index in [1.54, 1.807) is 11.3 Å². The van der Waals surface area contributed by atoms with Crippen LogP contribution in [0.3, 0.4) is 0 Å². The van der Waals surface area contributed by atoms with E-state index in [9.17, 15) is 4.79 Å². The topological polar surface area (TPSA) is 55.1 Å². The largest absolute Gasteiger partial charge is 0.383 e. The Morgan fingerprint density at radius 1 is 1.20 bits per heavy atom. The van der Waals surface area contributed by atoms with E-state index in [0.29, 0.717) is 13.1 Å². The molecular formula is C16H16N2OS. The number of nitrogens with two attached hydrogens (primary N) is 1. The fourth-order valence-corrected chi connectivity index (χ4v) is 3.56. The first-order valence-electron chi connectivity index (χ1n) is 6.61. The van der Waals surface area contributed by atoms with Gasteiger partial charge in [0.25, 0.3) is 0 Å². The molecule has 0 saturated heterocycles. The highest BCUT2D eigenvalue weighted by Crippen LogP contribution is 2.31. The second kappa shape index (κ2) is 5.23. The molecule has 0 bridgehead atoms. The normalized spacial score (nSPS) is 11.1. The SMILES string of the molecule is Cc1ccc(NCCN)c2c(=O)c3ccccc3sc12. The first kappa shape index (κ1) is 13.1. The van der Waals surface area contributed by atoms with Gasteiger partial charge >= 0.3 is 0 Å². The van der Waals surface area contributed by atoms with Crippen molar-refractivity contribution in [3.63, 3.8) is 0 Å². The molecule has 4 heteroatoms. The Labute approximate surface area is 121 Å². The van der Waals surface area contributed by atoms with E-state index >= 15 is 0 Å². The number of anilines is 1. The Hall–Kier alpha value is -1.91. The van der Waals surface area contributed by atoms with Crippen molar-refractivity contribution in [2.24, 2.45) is 5.73 Å². The third-order valence-corrected chi connectivity index (χ3v) is 4.69.